The molecule has 0 aliphatic rings. The first-order valence-electron chi connectivity index (χ1n) is 5.58. The largest absolute Gasteiger partial charge is 0.412 e. The molecule has 0 saturated carbocycles. The van der Waals surface area contributed by atoms with Crippen LogP contribution in [0.4, 0.5) is 15.0 Å². The SMILES string of the molecule is O=C(NCc1ccn(F)c1)Oc1ccc([N+](=O)[O-])cc1. The summed E-state index contributed by atoms with van der Waals surface area (Å²) in [5.41, 5.74) is 0.482. The Bertz CT molecular complexity index is 624. The summed E-state index contributed by atoms with van der Waals surface area (Å²) in [6.07, 6.45) is 1.69. The smallest absolute Gasteiger partial charge is 0.410 e. The highest BCUT2D eigenvalue weighted by Crippen LogP contribution is 2.17. The normalized spacial score (nSPS) is 10.1. The lowest BCUT2D eigenvalue weighted by atomic mass is 10.3. The Morgan fingerprint density at radius 3 is 2.60 bits per heavy atom. The molecule has 2 rings (SSSR count). The summed E-state index contributed by atoms with van der Waals surface area (Å²) in [6.45, 7) is 0.114. The molecule has 0 bridgehead atoms. The second kappa shape index (κ2) is 5.83. The Balaban J connectivity index is 1.86. The molecule has 2 aromatic rings. The third kappa shape index (κ3) is 3.55. The van der Waals surface area contributed by atoms with Gasteiger partial charge >= 0.3 is 6.09 Å². The Morgan fingerprint density at radius 1 is 1.35 bits per heavy atom. The molecular formula is C12H10FN3O4. The number of nitro benzene ring substituents is 1. The van der Waals surface area contributed by atoms with E-state index in [1.54, 1.807) is 0 Å². The Kier molecular flexibility index (Phi) is 3.94. The molecule has 1 aromatic carbocycles. The van der Waals surface area contributed by atoms with Crippen molar-refractivity contribution < 1.29 is 18.9 Å². The summed E-state index contributed by atoms with van der Waals surface area (Å²) in [5, 5.41) is 12.9. The van der Waals surface area contributed by atoms with Gasteiger partial charge in [-0.25, -0.2) is 4.79 Å². The minimum atomic E-state index is -0.731. The van der Waals surface area contributed by atoms with Crippen LogP contribution in [-0.2, 0) is 6.54 Å². The maximum absolute atomic E-state index is 12.6. The number of hydrogen-bond acceptors (Lipinski definition) is 4. The number of ether oxygens (including phenoxy) is 1. The average Bonchev–Trinajstić information content (AvgIpc) is 2.83. The highest BCUT2D eigenvalue weighted by atomic mass is 19.2. The lowest BCUT2D eigenvalue weighted by molar-refractivity contribution is -0.384. The lowest BCUT2D eigenvalue weighted by Crippen LogP contribution is -2.26. The molecule has 1 heterocycles. The zero-order valence-electron chi connectivity index (χ0n) is 10.2. The van der Waals surface area contributed by atoms with Crippen molar-refractivity contribution in [3.05, 3.63) is 58.4 Å². The van der Waals surface area contributed by atoms with Gasteiger partial charge in [-0.3, -0.25) is 10.1 Å². The number of benzene rings is 1. The molecule has 0 aliphatic carbocycles. The van der Waals surface area contributed by atoms with E-state index in [9.17, 15) is 19.4 Å². The maximum atomic E-state index is 12.6. The lowest BCUT2D eigenvalue weighted by Gasteiger charge is -2.05. The van der Waals surface area contributed by atoms with Crippen molar-refractivity contribution >= 4 is 11.8 Å². The third-order valence-corrected chi connectivity index (χ3v) is 2.42. The van der Waals surface area contributed by atoms with E-state index in [1.165, 1.54) is 42.7 Å². The molecular weight excluding hydrogens is 269 g/mol. The molecule has 7 nitrogen and oxygen atoms in total. The first-order valence-corrected chi connectivity index (χ1v) is 5.58. The minimum Gasteiger partial charge on any atom is -0.410 e. The van der Waals surface area contributed by atoms with Crippen molar-refractivity contribution in [3.63, 3.8) is 0 Å². The van der Waals surface area contributed by atoms with Crippen molar-refractivity contribution in [2.45, 2.75) is 6.54 Å². The summed E-state index contributed by atoms with van der Waals surface area (Å²) in [7, 11) is 0. The van der Waals surface area contributed by atoms with Crippen molar-refractivity contribution in [3.8, 4) is 5.75 Å². The van der Waals surface area contributed by atoms with Gasteiger partial charge in [-0.1, -0.05) is 4.48 Å². The number of nitrogens with one attached hydrogen (secondary N) is 1. The van der Waals surface area contributed by atoms with Crippen LogP contribution < -0.4 is 10.1 Å². The minimum absolute atomic E-state index is 0.0953. The van der Waals surface area contributed by atoms with E-state index in [0.717, 1.165) is 0 Å². The van der Waals surface area contributed by atoms with Crippen LogP contribution in [0, 0.1) is 10.1 Å². The van der Waals surface area contributed by atoms with Gasteiger partial charge in [-0.2, -0.15) is 4.79 Å². The first-order chi connectivity index (χ1) is 9.54. The molecule has 0 spiro atoms. The van der Waals surface area contributed by atoms with Gasteiger partial charge < -0.3 is 10.1 Å². The Morgan fingerprint density at radius 2 is 2.05 bits per heavy atom. The van der Waals surface area contributed by atoms with E-state index >= 15 is 0 Å². The Labute approximate surface area is 112 Å². The molecule has 0 fully saturated rings. The van der Waals surface area contributed by atoms with E-state index in [0.29, 0.717) is 10.4 Å². The molecule has 1 amide bonds. The molecule has 0 saturated heterocycles. The molecule has 0 aliphatic heterocycles. The second-order valence-electron chi connectivity index (χ2n) is 3.86. The quantitative estimate of drug-likeness (QED) is 0.687. The van der Waals surface area contributed by atoms with Gasteiger partial charge in [0.25, 0.3) is 5.69 Å². The number of nitrogens with zero attached hydrogens (tertiary/aromatic N) is 2. The molecule has 20 heavy (non-hydrogen) atoms. The van der Waals surface area contributed by atoms with Gasteiger partial charge in [0, 0.05) is 31.1 Å². The van der Waals surface area contributed by atoms with Crippen LogP contribution in [0.2, 0.25) is 0 Å². The van der Waals surface area contributed by atoms with Crippen molar-refractivity contribution in [2.24, 2.45) is 0 Å². The average molecular weight is 279 g/mol. The second-order valence-corrected chi connectivity index (χ2v) is 3.86. The van der Waals surface area contributed by atoms with Crippen LogP contribution in [0.15, 0.2) is 42.7 Å². The van der Waals surface area contributed by atoms with Gasteiger partial charge in [0.15, 0.2) is 0 Å². The van der Waals surface area contributed by atoms with Crippen LogP contribution in [-0.4, -0.2) is 15.8 Å². The number of aromatic nitrogens is 1. The van der Waals surface area contributed by atoms with Crippen molar-refractivity contribution in [2.75, 3.05) is 0 Å². The predicted octanol–water partition coefficient (Wildman–Crippen LogP) is 2.42. The molecule has 0 unspecified atom stereocenters. The number of hydrogen-bond donors (Lipinski definition) is 1. The Hall–Kier alpha value is -2.90. The highest BCUT2D eigenvalue weighted by molar-refractivity contribution is 5.70. The number of non-ortho nitro benzene ring substituents is 1. The fourth-order valence-corrected chi connectivity index (χ4v) is 1.47. The fourth-order valence-electron chi connectivity index (χ4n) is 1.47. The summed E-state index contributed by atoms with van der Waals surface area (Å²) >= 11 is 0. The molecule has 0 atom stereocenters. The number of rotatable bonds is 4. The summed E-state index contributed by atoms with van der Waals surface area (Å²) in [4.78, 5) is 21.7. The summed E-state index contributed by atoms with van der Waals surface area (Å²) < 4.78 is 17.5. The highest BCUT2D eigenvalue weighted by Gasteiger charge is 2.08. The third-order valence-electron chi connectivity index (χ3n) is 2.42. The van der Waals surface area contributed by atoms with E-state index in [1.807, 2.05) is 0 Å². The van der Waals surface area contributed by atoms with Crippen LogP contribution in [0.5, 0.6) is 5.75 Å². The van der Waals surface area contributed by atoms with Crippen LogP contribution >= 0.6 is 0 Å². The van der Waals surface area contributed by atoms with Crippen molar-refractivity contribution in [1.82, 2.24) is 10.1 Å². The topological polar surface area (TPSA) is 86.4 Å². The van der Waals surface area contributed by atoms with Crippen LogP contribution in [0.1, 0.15) is 5.56 Å². The van der Waals surface area contributed by atoms with E-state index in [-0.39, 0.29) is 18.0 Å². The number of carbonyl (C=O) groups excluding carboxylic acids is 1. The number of carbonyl (C=O) groups is 1. The summed E-state index contributed by atoms with van der Waals surface area (Å²) in [5.74, 6) is 0.177. The fraction of sp³-hybridized carbons (Fsp3) is 0.0833. The zero-order chi connectivity index (χ0) is 14.5. The molecule has 0 radical (unpaired) electrons. The van der Waals surface area contributed by atoms with Gasteiger partial charge in [-0.05, 0) is 23.8 Å². The number of nitro groups is 1. The predicted molar refractivity (Wildman–Crippen MR) is 66.9 cm³/mol. The summed E-state index contributed by atoms with van der Waals surface area (Å²) in [6, 6.07) is 6.59. The standard InChI is InChI=1S/C12H10FN3O4/c13-15-6-5-9(8-15)7-14-12(17)20-11-3-1-10(2-4-11)16(18)19/h1-6,8H,7H2,(H,14,17). The molecule has 104 valence electrons. The van der Waals surface area contributed by atoms with Crippen LogP contribution in [0.25, 0.3) is 0 Å². The van der Waals surface area contributed by atoms with E-state index in [4.69, 9.17) is 4.74 Å². The van der Waals surface area contributed by atoms with Crippen LogP contribution in [0.3, 0.4) is 0 Å². The zero-order valence-corrected chi connectivity index (χ0v) is 10.2. The molecule has 1 N–H and O–H groups in total. The number of halogens is 1. The monoisotopic (exact) mass is 279 g/mol. The maximum Gasteiger partial charge on any atom is 0.412 e. The van der Waals surface area contributed by atoms with Gasteiger partial charge in [-0.15, -0.1) is 0 Å². The van der Waals surface area contributed by atoms with Gasteiger partial charge in [0.2, 0.25) is 0 Å². The van der Waals surface area contributed by atoms with Gasteiger partial charge in [0.05, 0.1) is 4.92 Å². The molecule has 8 heteroatoms. The van der Waals surface area contributed by atoms with Crippen molar-refractivity contribution in [1.29, 1.82) is 0 Å². The first kappa shape index (κ1) is 13.5. The van der Waals surface area contributed by atoms with Gasteiger partial charge in [0.1, 0.15) is 5.75 Å². The number of amides is 1. The van der Waals surface area contributed by atoms with E-state index in [2.05, 4.69) is 5.32 Å². The molecule has 1 aromatic heterocycles. The van der Waals surface area contributed by atoms with E-state index < -0.39 is 11.0 Å².